The zero-order valence-corrected chi connectivity index (χ0v) is 12.6. The number of likely N-dealkylation sites (tertiary alicyclic amines) is 1. The number of nitrogens with zero attached hydrogens (tertiary/aromatic N) is 1. The number of carbonyl (C=O) groups excluding carboxylic acids is 1. The van der Waals surface area contributed by atoms with Gasteiger partial charge in [-0.2, -0.15) is 0 Å². The Labute approximate surface area is 125 Å². The van der Waals surface area contributed by atoms with Crippen LogP contribution in [0, 0.1) is 11.7 Å². The summed E-state index contributed by atoms with van der Waals surface area (Å²) in [4.78, 5) is 14.2. The molecule has 2 N–H and O–H groups in total. The van der Waals surface area contributed by atoms with E-state index in [-0.39, 0.29) is 17.8 Å². The summed E-state index contributed by atoms with van der Waals surface area (Å²) in [5.74, 6) is 0.271. The molecule has 0 radical (unpaired) electrons. The van der Waals surface area contributed by atoms with Crippen LogP contribution in [0.25, 0.3) is 0 Å². The smallest absolute Gasteiger partial charge is 0.263 e. The molecule has 1 fully saturated rings. The summed E-state index contributed by atoms with van der Waals surface area (Å²) in [5.41, 5.74) is 5.93. The number of nitrogens with two attached hydrogens (primary N) is 1. The molecule has 1 amide bonds. The van der Waals surface area contributed by atoms with Gasteiger partial charge < -0.3 is 15.4 Å². The Bertz CT molecular complexity index is 493. The minimum Gasteiger partial charge on any atom is -0.481 e. The Balaban J connectivity index is 1.95. The van der Waals surface area contributed by atoms with Crippen LogP contribution in [0.2, 0.25) is 0 Å². The number of rotatable bonds is 4. The van der Waals surface area contributed by atoms with Crippen molar-refractivity contribution in [2.75, 3.05) is 13.1 Å². The van der Waals surface area contributed by atoms with Crippen molar-refractivity contribution in [1.82, 2.24) is 4.90 Å². The molecule has 1 aliphatic heterocycles. The van der Waals surface area contributed by atoms with Gasteiger partial charge in [0.25, 0.3) is 5.91 Å². The molecule has 1 aromatic carbocycles. The Morgan fingerprint density at radius 1 is 1.48 bits per heavy atom. The van der Waals surface area contributed by atoms with Crippen molar-refractivity contribution in [3.8, 4) is 5.75 Å². The van der Waals surface area contributed by atoms with E-state index in [1.807, 2.05) is 11.8 Å². The van der Waals surface area contributed by atoms with E-state index < -0.39 is 6.10 Å². The summed E-state index contributed by atoms with van der Waals surface area (Å²) in [6, 6.07) is 5.92. The molecule has 0 aliphatic carbocycles. The van der Waals surface area contributed by atoms with E-state index in [2.05, 4.69) is 0 Å². The van der Waals surface area contributed by atoms with Crippen LogP contribution in [0.4, 0.5) is 4.39 Å². The van der Waals surface area contributed by atoms with E-state index in [4.69, 9.17) is 10.5 Å². The fraction of sp³-hybridized carbons (Fsp3) is 0.562. The van der Waals surface area contributed by atoms with Crippen molar-refractivity contribution in [1.29, 1.82) is 0 Å². The summed E-state index contributed by atoms with van der Waals surface area (Å²) in [7, 11) is 0. The van der Waals surface area contributed by atoms with Crippen molar-refractivity contribution in [2.24, 2.45) is 11.7 Å². The molecule has 2 rings (SSSR count). The summed E-state index contributed by atoms with van der Waals surface area (Å²) in [6.45, 7) is 5.08. The van der Waals surface area contributed by atoms with Gasteiger partial charge in [0.2, 0.25) is 0 Å². The normalized spacial score (nSPS) is 21.7. The van der Waals surface area contributed by atoms with E-state index in [0.29, 0.717) is 18.2 Å². The number of piperidine rings is 1. The number of hydrogen-bond donors (Lipinski definition) is 1. The highest BCUT2D eigenvalue weighted by molar-refractivity contribution is 5.81. The molecule has 0 unspecified atom stereocenters. The third-order valence-electron chi connectivity index (χ3n) is 3.97. The van der Waals surface area contributed by atoms with Gasteiger partial charge in [-0.05, 0) is 44.7 Å². The Kier molecular flexibility index (Phi) is 5.17. The van der Waals surface area contributed by atoms with Gasteiger partial charge in [-0.25, -0.2) is 4.39 Å². The second kappa shape index (κ2) is 6.89. The molecule has 1 heterocycles. The largest absolute Gasteiger partial charge is 0.481 e. The zero-order chi connectivity index (χ0) is 15.4. The van der Waals surface area contributed by atoms with Gasteiger partial charge in [-0.3, -0.25) is 4.79 Å². The zero-order valence-electron chi connectivity index (χ0n) is 12.6. The second-order valence-electron chi connectivity index (χ2n) is 5.76. The van der Waals surface area contributed by atoms with Crippen molar-refractivity contribution in [2.45, 2.75) is 38.8 Å². The average Bonchev–Trinajstić information content (AvgIpc) is 2.46. The summed E-state index contributed by atoms with van der Waals surface area (Å²) in [5, 5.41) is 0. The van der Waals surface area contributed by atoms with E-state index in [9.17, 15) is 9.18 Å². The predicted octanol–water partition coefficient (Wildman–Crippen LogP) is 2.18. The van der Waals surface area contributed by atoms with Crippen LogP contribution in [0.5, 0.6) is 5.75 Å². The van der Waals surface area contributed by atoms with Gasteiger partial charge in [0.05, 0.1) is 0 Å². The van der Waals surface area contributed by atoms with Crippen LogP contribution in [0.3, 0.4) is 0 Å². The molecule has 116 valence electrons. The van der Waals surface area contributed by atoms with E-state index in [0.717, 1.165) is 19.4 Å². The fourth-order valence-electron chi connectivity index (χ4n) is 2.69. The monoisotopic (exact) mass is 294 g/mol. The lowest BCUT2D eigenvalue weighted by Gasteiger charge is -2.35. The van der Waals surface area contributed by atoms with Gasteiger partial charge in [0, 0.05) is 25.2 Å². The molecule has 1 aliphatic rings. The number of halogens is 1. The van der Waals surface area contributed by atoms with Gasteiger partial charge in [0.15, 0.2) is 6.10 Å². The van der Waals surface area contributed by atoms with Crippen molar-refractivity contribution in [3.63, 3.8) is 0 Å². The SMILES string of the molecule is C[C@H](Oc1cccc(F)c1)C(=O)N1CCC[C@@H]([C@H](C)N)C1. The quantitative estimate of drug-likeness (QED) is 0.926. The molecule has 0 aromatic heterocycles. The number of carbonyl (C=O) groups is 1. The van der Waals surface area contributed by atoms with Crippen LogP contribution < -0.4 is 10.5 Å². The summed E-state index contributed by atoms with van der Waals surface area (Å²) >= 11 is 0. The van der Waals surface area contributed by atoms with Crippen LogP contribution in [0.1, 0.15) is 26.7 Å². The van der Waals surface area contributed by atoms with Crippen molar-refractivity contribution in [3.05, 3.63) is 30.1 Å². The predicted molar refractivity (Wildman–Crippen MR) is 79.4 cm³/mol. The van der Waals surface area contributed by atoms with Crippen molar-refractivity contribution < 1.29 is 13.9 Å². The molecule has 1 aromatic rings. The first-order valence-corrected chi connectivity index (χ1v) is 7.44. The molecule has 1 saturated heterocycles. The number of ether oxygens (including phenoxy) is 1. The highest BCUT2D eigenvalue weighted by atomic mass is 19.1. The maximum Gasteiger partial charge on any atom is 0.263 e. The van der Waals surface area contributed by atoms with Gasteiger partial charge in [-0.15, -0.1) is 0 Å². The highest BCUT2D eigenvalue weighted by Crippen LogP contribution is 2.21. The van der Waals surface area contributed by atoms with Crippen LogP contribution in [0.15, 0.2) is 24.3 Å². The average molecular weight is 294 g/mol. The first-order chi connectivity index (χ1) is 9.97. The summed E-state index contributed by atoms with van der Waals surface area (Å²) < 4.78 is 18.7. The molecule has 3 atom stereocenters. The number of hydrogen-bond acceptors (Lipinski definition) is 3. The fourth-order valence-corrected chi connectivity index (χ4v) is 2.69. The topological polar surface area (TPSA) is 55.6 Å². The van der Waals surface area contributed by atoms with Crippen LogP contribution in [-0.4, -0.2) is 36.0 Å². The molecule has 21 heavy (non-hydrogen) atoms. The third-order valence-corrected chi connectivity index (χ3v) is 3.97. The number of benzene rings is 1. The van der Waals surface area contributed by atoms with Crippen LogP contribution >= 0.6 is 0 Å². The first-order valence-electron chi connectivity index (χ1n) is 7.44. The molecular weight excluding hydrogens is 271 g/mol. The maximum absolute atomic E-state index is 13.1. The lowest BCUT2D eigenvalue weighted by molar-refractivity contribution is -0.139. The lowest BCUT2D eigenvalue weighted by Crippen LogP contribution is -2.48. The molecular formula is C16H23FN2O2. The minimum absolute atomic E-state index is 0.0652. The first kappa shape index (κ1) is 15.8. The third kappa shape index (κ3) is 4.17. The minimum atomic E-state index is -0.626. The molecule has 0 spiro atoms. The standard InChI is InChI=1S/C16H23FN2O2/c1-11(18)13-5-4-8-19(10-13)16(20)12(2)21-15-7-3-6-14(17)9-15/h3,6-7,9,11-13H,4-5,8,10,18H2,1-2H3/t11-,12-,13+/m0/s1. The van der Waals surface area contributed by atoms with Crippen LogP contribution in [-0.2, 0) is 4.79 Å². The Morgan fingerprint density at radius 2 is 2.24 bits per heavy atom. The second-order valence-corrected chi connectivity index (χ2v) is 5.76. The number of amides is 1. The molecule has 0 bridgehead atoms. The van der Waals surface area contributed by atoms with Gasteiger partial charge in [0.1, 0.15) is 11.6 Å². The summed E-state index contributed by atoms with van der Waals surface area (Å²) in [6.07, 6.45) is 1.39. The highest BCUT2D eigenvalue weighted by Gasteiger charge is 2.29. The maximum atomic E-state index is 13.1. The van der Waals surface area contributed by atoms with E-state index in [1.54, 1.807) is 19.1 Å². The lowest BCUT2D eigenvalue weighted by atomic mass is 9.92. The molecule has 5 heteroatoms. The Hall–Kier alpha value is -1.62. The van der Waals surface area contributed by atoms with Crippen molar-refractivity contribution >= 4 is 5.91 Å². The van der Waals surface area contributed by atoms with Gasteiger partial charge >= 0.3 is 0 Å². The molecule has 4 nitrogen and oxygen atoms in total. The van der Waals surface area contributed by atoms with Gasteiger partial charge in [-0.1, -0.05) is 6.07 Å². The van der Waals surface area contributed by atoms with E-state index in [1.165, 1.54) is 12.1 Å². The Morgan fingerprint density at radius 3 is 2.90 bits per heavy atom. The van der Waals surface area contributed by atoms with E-state index >= 15 is 0 Å². The molecule has 0 saturated carbocycles.